The third-order valence-electron chi connectivity index (χ3n) is 3.30. The minimum atomic E-state index is -0.452. The van der Waals surface area contributed by atoms with Crippen molar-refractivity contribution in [2.24, 2.45) is 0 Å². The molecule has 0 aliphatic heterocycles. The van der Waals surface area contributed by atoms with E-state index >= 15 is 0 Å². The van der Waals surface area contributed by atoms with Gasteiger partial charge in [0.2, 0.25) is 5.91 Å². The van der Waals surface area contributed by atoms with Crippen molar-refractivity contribution in [2.75, 3.05) is 11.1 Å². The lowest BCUT2D eigenvalue weighted by atomic mass is 9.87. The molecule has 0 radical (unpaired) electrons. The van der Waals surface area contributed by atoms with Crippen LogP contribution in [0, 0.1) is 5.82 Å². The molecule has 0 fully saturated rings. The number of hydrogen-bond acceptors (Lipinski definition) is 2. The van der Waals surface area contributed by atoms with E-state index in [1.165, 1.54) is 23.4 Å². The lowest BCUT2D eigenvalue weighted by Crippen LogP contribution is -2.15. The number of hydrogen-bond donors (Lipinski definition) is 1. The van der Waals surface area contributed by atoms with Crippen molar-refractivity contribution in [2.45, 2.75) is 31.1 Å². The Labute approximate surface area is 149 Å². The van der Waals surface area contributed by atoms with Gasteiger partial charge in [0.15, 0.2) is 0 Å². The van der Waals surface area contributed by atoms with Crippen molar-refractivity contribution in [1.82, 2.24) is 0 Å². The molecule has 0 saturated carbocycles. The van der Waals surface area contributed by atoms with Gasteiger partial charge in [-0.2, -0.15) is 0 Å². The predicted octanol–water partition coefficient (Wildman–Crippen LogP) is 5.62. The summed E-state index contributed by atoms with van der Waals surface area (Å²) >= 11 is 4.62. The molecule has 0 saturated heterocycles. The Hall–Kier alpha value is -1.33. The molecule has 0 aliphatic carbocycles. The Kier molecular flexibility index (Phi) is 5.87. The fourth-order valence-electron chi connectivity index (χ4n) is 1.98. The fourth-order valence-corrected chi connectivity index (χ4v) is 3.01. The van der Waals surface area contributed by atoms with E-state index in [0.29, 0.717) is 4.47 Å². The highest BCUT2D eigenvalue weighted by Crippen LogP contribution is 2.26. The number of amides is 1. The maximum absolute atomic E-state index is 13.7. The average molecular weight is 396 g/mol. The van der Waals surface area contributed by atoms with Gasteiger partial charge in [-0.3, -0.25) is 4.79 Å². The first-order valence-electron chi connectivity index (χ1n) is 7.24. The fraction of sp³-hybridized carbons (Fsp3) is 0.278. The van der Waals surface area contributed by atoms with E-state index in [4.69, 9.17) is 0 Å². The summed E-state index contributed by atoms with van der Waals surface area (Å²) in [5.41, 5.74) is 1.56. The molecule has 0 aromatic heterocycles. The van der Waals surface area contributed by atoms with Gasteiger partial charge < -0.3 is 5.32 Å². The number of benzene rings is 2. The number of halogens is 2. The van der Waals surface area contributed by atoms with Crippen LogP contribution in [-0.2, 0) is 10.2 Å². The SMILES string of the molecule is CC(C)(C)c1ccc(SCC(=O)Nc2ccc(Br)cc2F)cc1. The molecule has 2 aromatic rings. The first-order chi connectivity index (χ1) is 10.8. The minimum absolute atomic E-state index is 0.111. The zero-order chi connectivity index (χ0) is 17.0. The van der Waals surface area contributed by atoms with Crippen LogP contribution in [0.3, 0.4) is 0 Å². The summed E-state index contributed by atoms with van der Waals surface area (Å²) in [4.78, 5) is 13.0. The number of carbonyl (C=O) groups excluding carboxylic acids is 1. The van der Waals surface area contributed by atoms with Crippen molar-refractivity contribution in [3.63, 3.8) is 0 Å². The quantitative estimate of drug-likeness (QED) is 0.680. The monoisotopic (exact) mass is 395 g/mol. The number of rotatable bonds is 4. The lowest BCUT2D eigenvalue weighted by Gasteiger charge is -2.19. The molecule has 0 aliphatic rings. The molecule has 5 heteroatoms. The Morgan fingerprint density at radius 3 is 2.39 bits per heavy atom. The number of thioether (sulfide) groups is 1. The standard InChI is InChI=1S/C18H19BrFNOS/c1-18(2,3)12-4-7-14(8-5-12)23-11-17(22)21-16-9-6-13(19)10-15(16)20/h4-10H,11H2,1-3H3,(H,21,22). The van der Waals surface area contributed by atoms with Gasteiger partial charge in [-0.1, -0.05) is 48.8 Å². The van der Waals surface area contributed by atoms with Crippen LogP contribution in [0.4, 0.5) is 10.1 Å². The summed E-state index contributed by atoms with van der Waals surface area (Å²) in [6, 6.07) is 12.7. The van der Waals surface area contributed by atoms with Crippen LogP contribution in [0.25, 0.3) is 0 Å². The normalized spacial score (nSPS) is 11.3. The molecule has 2 nitrogen and oxygen atoms in total. The molecule has 1 amide bonds. The Balaban J connectivity index is 1.91. The summed E-state index contributed by atoms with van der Waals surface area (Å²) in [5.74, 6) is -0.437. The zero-order valence-corrected chi connectivity index (χ0v) is 15.7. The van der Waals surface area contributed by atoms with Crippen molar-refractivity contribution >= 4 is 39.3 Å². The average Bonchev–Trinajstić information content (AvgIpc) is 2.47. The lowest BCUT2D eigenvalue weighted by molar-refractivity contribution is -0.113. The van der Waals surface area contributed by atoms with Gasteiger partial charge >= 0.3 is 0 Å². The van der Waals surface area contributed by atoms with E-state index in [0.717, 1.165) is 4.90 Å². The van der Waals surface area contributed by atoms with Crippen LogP contribution in [0.15, 0.2) is 51.8 Å². The molecule has 0 bridgehead atoms. The molecule has 0 atom stereocenters. The van der Waals surface area contributed by atoms with E-state index < -0.39 is 5.82 Å². The van der Waals surface area contributed by atoms with Gasteiger partial charge in [0.25, 0.3) is 0 Å². The Morgan fingerprint density at radius 1 is 1.17 bits per heavy atom. The van der Waals surface area contributed by atoms with E-state index in [2.05, 4.69) is 54.2 Å². The maximum Gasteiger partial charge on any atom is 0.234 e. The summed E-state index contributed by atoms with van der Waals surface area (Å²) < 4.78 is 14.3. The molecule has 1 N–H and O–H groups in total. The first kappa shape index (κ1) is 18.0. The molecular weight excluding hydrogens is 377 g/mol. The summed E-state index contributed by atoms with van der Waals surface area (Å²) in [5, 5.41) is 2.59. The minimum Gasteiger partial charge on any atom is -0.323 e. The molecule has 0 spiro atoms. The topological polar surface area (TPSA) is 29.1 Å². The van der Waals surface area contributed by atoms with Crippen molar-refractivity contribution < 1.29 is 9.18 Å². The van der Waals surface area contributed by atoms with Crippen molar-refractivity contribution in [1.29, 1.82) is 0 Å². The van der Waals surface area contributed by atoms with Crippen LogP contribution in [0.1, 0.15) is 26.3 Å². The zero-order valence-electron chi connectivity index (χ0n) is 13.3. The second-order valence-corrected chi connectivity index (χ2v) is 8.20. The van der Waals surface area contributed by atoms with Crippen LogP contribution in [0.5, 0.6) is 0 Å². The van der Waals surface area contributed by atoms with Gasteiger partial charge in [-0.15, -0.1) is 11.8 Å². The van der Waals surface area contributed by atoms with Gasteiger partial charge in [-0.25, -0.2) is 4.39 Å². The largest absolute Gasteiger partial charge is 0.323 e. The highest BCUT2D eigenvalue weighted by molar-refractivity contribution is 9.10. The smallest absolute Gasteiger partial charge is 0.234 e. The predicted molar refractivity (Wildman–Crippen MR) is 98.6 cm³/mol. The van der Waals surface area contributed by atoms with E-state index in [9.17, 15) is 9.18 Å². The molecule has 0 heterocycles. The Bertz CT molecular complexity index is 695. The summed E-state index contributed by atoms with van der Waals surface area (Å²) in [6.07, 6.45) is 0. The number of anilines is 1. The first-order valence-corrected chi connectivity index (χ1v) is 9.02. The van der Waals surface area contributed by atoms with Crippen molar-refractivity contribution in [3.8, 4) is 0 Å². The second kappa shape index (κ2) is 7.49. The summed E-state index contributed by atoms with van der Waals surface area (Å²) in [7, 11) is 0. The van der Waals surface area contributed by atoms with Gasteiger partial charge in [0, 0.05) is 9.37 Å². The van der Waals surface area contributed by atoms with E-state index in [1.807, 2.05) is 12.1 Å². The highest BCUT2D eigenvalue weighted by atomic mass is 79.9. The molecule has 2 rings (SSSR count). The van der Waals surface area contributed by atoms with E-state index in [1.54, 1.807) is 12.1 Å². The highest BCUT2D eigenvalue weighted by Gasteiger charge is 2.13. The third kappa shape index (κ3) is 5.36. The van der Waals surface area contributed by atoms with E-state index in [-0.39, 0.29) is 22.8 Å². The molecule has 23 heavy (non-hydrogen) atoms. The van der Waals surface area contributed by atoms with Crippen LogP contribution < -0.4 is 5.32 Å². The van der Waals surface area contributed by atoms with Crippen LogP contribution in [-0.4, -0.2) is 11.7 Å². The molecule has 122 valence electrons. The van der Waals surface area contributed by atoms with Gasteiger partial charge in [0.1, 0.15) is 5.82 Å². The van der Waals surface area contributed by atoms with Crippen LogP contribution in [0.2, 0.25) is 0 Å². The van der Waals surface area contributed by atoms with Crippen LogP contribution >= 0.6 is 27.7 Å². The molecular formula is C18H19BrFNOS. The van der Waals surface area contributed by atoms with Gasteiger partial charge in [0.05, 0.1) is 11.4 Å². The Morgan fingerprint density at radius 2 is 1.83 bits per heavy atom. The maximum atomic E-state index is 13.7. The second-order valence-electron chi connectivity index (χ2n) is 6.24. The molecule has 2 aromatic carbocycles. The third-order valence-corrected chi connectivity index (χ3v) is 4.80. The number of carbonyl (C=O) groups is 1. The number of nitrogens with one attached hydrogen (secondary N) is 1. The summed E-state index contributed by atoms with van der Waals surface area (Å²) in [6.45, 7) is 6.49. The van der Waals surface area contributed by atoms with Gasteiger partial charge in [-0.05, 0) is 41.3 Å². The molecule has 0 unspecified atom stereocenters. The van der Waals surface area contributed by atoms with Crippen molar-refractivity contribution in [3.05, 3.63) is 58.3 Å².